The second-order valence-corrected chi connectivity index (χ2v) is 6.75. The van der Waals surface area contributed by atoms with Crippen molar-refractivity contribution in [1.82, 2.24) is 20.2 Å². The molecule has 7 nitrogen and oxygen atoms in total. The monoisotopic (exact) mass is 414 g/mol. The Morgan fingerprint density at radius 1 is 1.23 bits per heavy atom. The van der Waals surface area contributed by atoms with Gasteiger partial charge in [0.25, 0.3) is 0 Å². The molecule has 2 aromatic rings. The largest absolute Gasteiger partial charge is 0.488 e. The maximum atomic E-state index is 12.8. The van der Waals surface area contributed by atoms with E-state index in [9.17, 15) is 9.59 Å². The SMILES string of the molecule is O=C1CCCC(Cl)=C1C(=O)c1ccc(Cl)c(OCCn2ncnn2)c1Cl. The number of halogens is 3. The molecular weight excluding hydrogens is 403 g/mol. The zero-order chi connectivity index (χ0) is 18.7. The van der Waals surface area contributed by atoms with Crippen LogP contribution in [0.3, 0.4) is 0 Å². The molecule has 0 saturated heterocycles. The molecule has 0 radical (unpaired) electrons. The van der Waals surface area contributed by atoms with Gasteiger partial charge in [0.05, 0.1) is 22.2 Å². The maximum Gasteiger partial charge on any atom is 0.199 e. The summed E-state index contributed by atoms with van der Waals surface area (Å²) in [4.78, 5) is 26.2. The summed E-state index contributed by atoms with van der Waals surface area (Å²) < 4.78 is 5.59. The molecule has 1 aromatic carbocycles. The molecule has 0 atom stereocenters. The average molecular weight is 416 g/mol. The number of tetrazole rings is 1. The molecule has 1 aliphatic rings. The van der Waals surface area contributed by atoms with E-state index in [0.29, 0.717) is 19.4 Å². The number of rotatable bonds is 6. The third kappa shape index (κ3) is 3.90. The Hall–Kier alpha value is -1.96. The average Bonchev–Trinajstić information content (AvgIpc) is 3.11. The third-order valence-electron chi connectivity index (χ3n) is 3.80. The van der Waals surface area contributed by atoms with Crippen molar-refractivity contribution in [3.63, 3.8) is 0 Å². The highest BCUT2D eigenvalue weighted by atomic mass is 35.5. The van der Waals surface area contributed by atoms with Gasteiger partial charge in [-0.2, -0.15) is 4.80 Å². The molecule has 0 bridgehead atoms. The van der Waals surface area contributed by atoms with Gasteiger partial charge in [0, 0.05) is 17.0 Å². The van der Waals surface area contributed by atoms with Gasteiger partial charge in [-0.25, -0.2) is 0 Å². The number of allylic oxidation sites excluding steroid dienone is 2. The first kappa shape index (κ1) is 18.8. The van der Waals surface area contributed by atoms with E-state index in [1.54, 1.807) is 0 Å². The maximum absolute atomic E-state index is 12.8. The Labute approximate surface area is 163 Å². The van der Waals surface area contributed by atoms with Crippen LogP contribution in [0.25, 0.3) is 0 Å². The van der Waals surface area contributed by atoms with Crippen LogP contribution < -0.4 is 4.74 Å². The lowest BCUT2D eigenvalue weighted by Gasteiger charge is -2.16. The number of hydrogen-bond acceptors (Lipinski definition) is 6. The molecule has 0 fully saturated rings. The van der Waals surface area contributed by atoms with E-state index in [4.69, 9.17) is 39.5 Å². The smallest absolute Gasteiger partial charge is 0.199 e. The molecule has 0 unspecified atom stereocenters. The third-order valence-corrected chi connectivity index (χ3v) is 4.85. The van der Waals surface area contributed by atoms with Gasteiger partial charge in [0.15, 0.2) is 23.6 Å². The van der Waals surface area contributed by atoms with Crippen LogP contribution in [0.2, 0.25) is 10.0 Å². The molecule has 0 aliphatic heterocycles. The number of carbonyl (C=O) groups excluding carboxylic acids is 2. The lowest BCUT2D eigenvalue weighted by atomic mass is 9.91. The van der Waals surface area contributed by atoms with Gasteiger partial charge < -0.3 is 4.74 Å². The van der Waals surface area contributed by atoms with E-state index >= 15 is 0 Å². The fraction of sp³-hybridized carbons (Fsp3) is 0.312. The van der Waals surface area contributed by atoms with Crippen LogP contribution in [0.4, 0.5) is 0 Å². The normalized spacial score (nSPS) is 14.7. The summed E-state index contributed by atoms with van der Waals surface area (Å²) in [6, 6.07) is 2.95. The highest BCUT2D eigenvalue weighted by Gasteiger charge is 2.29. The minimum atomic E-state index is -0.524. The quantitative estimate of drug-likeness (QED) is 0.530. The van der Waals surface area contributed by atoms with Crippen LogP contribution in [0.5, 0.6) is 5.75 Å². The number of nitrogens with zero attached hydrogens (tertiary/aromatic N) is 4. The van der Waals surface area contributed by atoms with E-state index in [1.807, 2.05) is 0 Å². The first-order chi connectivity index (χ1) is 12.5. The van der Waals surface area contributed by atoms with Crippen molar-refractivity contribution in [2.45, 2.75) is 25.8 Å². The minimum absolute atomic E-state index is 0.0140. The fourth-order valence-electron chi connectivity index (χ4n) is 2.55. The molecule has 1 aromatic heterocycles. The number of ether oxygens (including phenoxy) is 1. The Balaban J connectivity index is 1.84. The number of aromatic nitrogens is 4. The van der Waals surface area contributed by atoms with Crippen LogP contribution >= 0.6 is 34.8 Å². The van der Waals surface area contributed by atoms with Crippen LogP contribution in [0, 0.1) is 0 Å². The number of Topliss-reactive ketones (excluding diaryl/α,β-unsaturated/α-hetero) is 2. The summed E-state index contributed by atoms with van der Waals surface area (Å²) in [7, 11) is 0. The predicted octanol–water partition coefficient (Wildman–Crippen LogP) is 3.49. The lowest BCUT2D eigenvalue weighted by molar-refractivity contribution is -0.115. The van der Waals surface area contributed by atoms with Crippen molar-refractivity contribution in [3.05, 3.63) is 44.7 Å². The number of hydrogen-bond donors (Lipinski definition) is 0. The predicted molar refractivity (Wildman–Crippen MR) is 95.8 cm³/mol. The minimum Gasteiger partial charge on any atom is -0.488 e. The van der Waals surface area contributed by atoms with Gasteiger partial charge in [-0.1, -0.05) is 34.8 Å². The van der Waals surface area contributed by atoms with E-state index in [-0.39, 0.29) is 50.8 Å². The van der Waals surface area contributed by atoms with Gasteiger partial charge >= 0.3 is 0 Å². The molecule has 0 spiro atoms. The van der Waals surface area contributed by atoms with Crippen molar-refractivity contribution in [2.24, 2.45) is 0 Å². The zero-order valence-electron chi connectivity index (χ0n) is 13.4. The summed E-state index contributed by atoms with van der Waals surface area (Å²) in [5, 5.41) is 11.7. The topological polar surface area (TPSA) is 87.0 Å². The first-order valence-corrected chi connectivity index (χ1v) is 8.90. The lowest BCUT2D eigenvalue weighted by Crippen LogP contribution is -2.19. The van der Waals surface area contributed by atoms with Gasteiger partial charge in [0.2, 0.25) is 0 Å². The zero-order valence-corrected chi connectivity index (χ0v) is 15.7. The van der Waals surface area contributed by atoms with Crippen molar-refractivity contribution >= 4 is 46.4 Å². The van der Waals surface area contributed by atoms with Gasteiger partial charge in [0.1, 0.15) is 6.61 Å². The Bertz CT molecular complexity index is 881. The van der Waals surface area contributed by atoms with Crippen molar-refractivity contribution in [2.75, 3.05) is 6.61 Å². The molecule has 1 aliphatic carbocycles. The Morgan fingerprint density at radius 2 is 2.04 bits per heavy atom. The van der Waals surface area contributed by atoms with Gasteiger partial charge in [-0.3, -0.25) is 9.59 Å². The molecule has 136 valence electrons. The molecule has 0 N–H and O–H groups in total. The molecule has 10 heteroatoms. The summed E-state index contributed by atoms with van der Waals surface area (Å²) in [6.45, 7) is 0.482. The molecule has 0 saturated carbocycles. The van der Waals surface area contributed by atoms with Gasteiger partial charge in [-0.15, -0.1) is 10.2 Å². The van der Waals surface area contributed by atoms with E-state index in [1.165, 1.54) is 23.3 Å². The molecule has 26 heavy (non-hydrogen) atoms. The number of ketones is 2. The van der Waals surface area contributed by atoms with Crippen molar-refractivity contribution < 1.29 is 14.3 Å². The van der Waals surface area contributed by atoms with Gasteiger partial charge in [-0.05, 0) is 30.2 Å². The van der Waals surface area contributed by atoms with Crippen LogP contribution in [0.1, 0.15) is 29.6 Å². The Morgan fingerprint density at radius 3 is 2.73 bits per heavy atom. The van der Waals surface area contributed by atoms with E-state index in [0.717, 1.165) is 0 Å². The molecular formula is C16H13Cl3N4O3. The standard InChI is InChI=1S/C16H13Cl3N4O3/c17-10-2-1-3-12(24)13(10)15(25)9-4-5-11(18)16(14(9)19)26-7-6-23-21-8-20-22-23/h4-5,8H,1-3,6-7H2. The number of carbonyl (C=O) groups is 2. The van der Waals surface area contributed by atoms with Crippen molar-refractivity contribution in [3.8, 4) is 5.75 Å². The summed E-state index contributed by atoms with van der Waals surface area (Å²) in [6.07, 6.45) is 2.72. The summed E-state index contributed by atoms with van der Waals surface area (Å²) >= 11 is 18.6. The second kappa shape index (κ2) is 8.16. The fourth-order valence-corrected chi connectivity index (χ4v) is 3.44. The second-order valence-electron chi connectivity index (χ2n) is 5.50. The first-order valence-electron chi connectivity index (χ1n) is 7.77. The highest BCUT2D eigenvalue weighted by molar-refractivity contribution is 6.43. The Kier molecular flexibility index (Phi) is 5.90. The van der Waals surface area contributed by atoms with Crippen LogP contribution in [0.15, 0.2) is 29.1 Å². The van der Waals surface area contributed by atoms with Crippen LogP contribution in [-0.4, -0.2) is 38.4 Å². The van der Waals surface area contributed by atoms with Crippen molar-refractivity contribution in [1.29, 1.82) is 0 Å². The van der Waals surface area contributed by atoms with E-state index in [2.05, 4.69) is 15.4 Å². The summed E-state index contributed by atoms with van der Waals surface area (Å²) in [5.41, 5.74) is 0.105. The van der Waals surface area contributed by atoms with E-state index < -0.39 is 5.78 Å². The summed E-state index contributed by atoms with van der Waals surface area (Å²) in [5.74, 6) is -0.652. The number of benzene rings is 1. The molecule has 1 heterocycles. The van der Waals surface area contributed by atoms with Crippen LogP contribution in [-0.2, 0) is 11.3 Å². The highest BCUT2D eigenvalue weighted by Crippen LogP contribution is 2.38. The molecule has 0 amide bonds. The molecule has 3 rings (SSSR count).